The number of nitrogens with one attached hydrogen (secondary N) is 1. The zero-order valence-electron chi connectivity index (χ0n) is 12.7. The standard InChI is InChI=1S/C17H26N2S/c1-11-9-19-16(20-11)10-18-12(2)17-6-13-3-14(7-17)5-15(4-13)8-17/h9,12-15,18H,3-8,10H2,1-2H3. The van der Waals surface area contributed by atoms with Crippen molar-refractivity contribution in [2.24, 2.45) is 23.2 Å². The number of nitrogens with zero attached hydrogens (tertiary/aromatic N) is 1. The van der Waals surface area contributed by atoms with Gasteiger partial charge in [0, 0.05) is 23.7 Å². The van der Waals surface area contributed by atoms with E-state index in [4.69, 9.17) is 0 Å². The highest BCUT2D eigenvalue weighted by molar-refractivity contribution is 7.11. The Bertz CT molecular complexity index is 458. The fraction of sp³-hybridized carbons (Fsp3) is 0.824. The highest BCUT2D eigenvalue weighted by Gasteiger charge is 2.52. The molecule has 1 atom stereocenters. The summed E-state index contributed by atoms with van der Waals surface area (Å²) in [5.41, 5.74) is 0.612. The van der Waals surface area contributed by atoms with Gasteiger partial charge in [-0.2, -0.15) is 0 Å². The molecule has 0 spiro atoms. The second-order valence-corrected chi connectivity index (χ2v) is 9.07. The third-order valence-electron chi connectivity index (χ3n) is 6.23. The molecule has 1 N–H and O–H groups in total. The van der Waals surface area contributed by atoms with Gasteiger partial charge in [-0.3, -0.25) is 0 Å². The molecule has 1 aromatic rings. The van der Waals surface area contributed by atoms with Crippen molar-refractivity contribution in [3.63, 3.8) is 0 Å². The van der Waals surface area contributed by atoms with E-state index in [1.807, 2.05) is 17.5 Å². The molecule has 3 heteroatoms. The predicted molar refractivity (Wildman–Crippen MR) is 83.8 cm³/mol. The summed E-state index contributed by atoms with van der Waals surface area (Å²) in [6, 6.07) is 0.653. The van der Waals surface area contributed by atoms with Crippen molar-refractivity contribution < 1.29 is 0 Å². The van der Waals surface area contributed by atoms with Gasteiger partial charge in [0.25, 0.3) is 0 Å². The molecule has 0 radical (unpaired) electrons. The molecule has 5 rings (SSSR count). The Hall–Kier alpha value is -0.410. The van der Waals surface area contributed by atoms with Crippen LogP contribution in [0, 0.1) is 30.1 Å². The SMILES string of the molecule is Cc1cnc(CNC(C)C23CC4CC(CC(C4)C2)C3)s1. The van der Waals surface area contributed by atoms with Gasteiger partial charge in [-0.1, -0.05) is 0 Å². The van der Waals surface area contributed by atoms with E-state index in [0.29, 0.717) is 11.5 Å². The maximum absolute atomic E-state index is 4.49. The van der Waals surface area contributed by atoms with Crippen LogP contribution in [0.1, 0.15) is 55.3 Å². The average Bonchev–Trinajstić information content (AvgIpc) is 2.80. The summed E-state index contributed by atoms with van der Waals surface area (Å²) in [5, 5.41) is 5.07. The molecule has 0 aliphatic heterocycles. The van der Waals surface area contributed by atoms with Gasteiger partial charge in [0.2, 0.25) is 0 Å². The lowest BCUT2D eigenvalue weighted by molar-refractivity contribution is -0.0706. The van der Waals surface area contributed by atoms with Gasteiger partial charge in [-0.05, 0) is 75.5 Å². The molecule has 110 valence electrons. The molecule has 4 saturated carbocycles. The van der Waals surface area contributed by atoms with Crippen LogP contribution in [0.4, 0.5) is 0 Å². The normalized spacial score (nSPS) is 40.2. The molecule has 1 aromatic heterocycles. The highest BCUT2D eigenvalue weighted by atomic mass is 32.1. The van der Waals surface area contributed by atoms with E-state index >= 15 is 0 Å². The van der Waals surface area contributed by atoms with E-state index in [0.717, 1.165) is 24.3 Å². The van der Waals surface area contributed by atoms with Crippen molar-refractivity contribution in [3.8, 4) is 0 Å². The Balaban J connectivity index is 1.44. The van der Waals surface area contributed by atoms with Gasteiger partial charge in [0.1, 0.15) is 5.01 Å². The fourth-order valence-electron chi connectivity index (χ4n) is 5.65. The molecule has 2 nitrogen and oxygen atoms in total. The van der Waals surface area contributed by atoms with Crippen molar-refractivity contribution in [3.05, 3.63) is 16.1 Å². The summed E-state index contributed by atoms with van der Waals surface area (Å²) in [4.78, 5) is 5.81. The summed E-state index contributed by atoms with van der Waals surface area (Å²) in [6.07, 6.45) is 11.1. The van der Waals surface area contributed by atoms with Crippen LogP contribution in [-0.4, -0.2) is 11.0 Å². The summed E-state index contributed by atoms with van der Waals surface area (Å²) in [6.45, 7) is 5.54. The minimum absolute atomic E-state index is 0.612. The maximum Gasteiger partial charge on any atom is 0.107 e. The molecule has 0 saturated heterocycles. The first-order chi connectivity index (χ1) is 9.63. The first-order valence-electron chi connectivity index (χ1n) is 8.28. The lowest BCUT2D eigenvalue weighted by atomic mass is 9.48. The largest absolute Gasteiger partial charge is 0.307 e. The zero-order chi connectivity index (χ0) is 13.7. The maximum atomic E-state index is 4.49. The van der Waals surface area contributed by atoms with Crippen molar-refractivity contribution in [2.75, 3.05) is 0 Å². The summed E-state index contributed by atoms with van der Waals surface area (Å²) < 4.78 is 0. The number of aromatic nitrogens is 1. The number of hydrogen-bond acceptors (Lipinski definition) is 3. The van der Waals surface area contributed by atoms with Gasteiger partial charge in [-0.15, -0.1) is 11.3 Å². The molecule has 20 heavy (non-hydrogen) atoms. The molecule has 0 amide bonds. The highest BCUT2D eigenvalue weighted by Crippen LogP contribution is 2.61. The molecular formula is C17H26N2S. The lowest BCUT2D eigenvalue weighted by Gasteiger charge is -2.59. The van der Waals surface area contributed by atoms with Crippen LogP contribution in [0.2, 0.25) is 0 Å². The molecule has 4 bridgehead atoms. The van der Waals surface area contributed by atoms with Gasteiger partial charge >= 0.3 is 0 Å². The van der Waals surface area contributed by atoms with E-state index in [-0.39, 0.29) is 0 Å². The third kappa shape index (κ3) is 2.23. The number of aryl methyl sites for hydroxylation is 1. The monoisotopic (exact) mass is 290 g/mol. The molecule has 1 unspecified atom stereocenters. The lowest BCUT2D eigenvalue weighted by Crippen LogP contribution is -2.54. The van der Waals surface area contributed by atoms with Crippen LogP contribution in [-0.2, 0) is 6.54 Å². The Morgan fingerprint density at radius 1 is 1.25 bits per heavy atom. The van der Waals surface area contributed by atoms with Crippen molar-refractivity contribution >= 4 is 11.3 Å². The first-order valence-corrected chi connectivity index (χ1v) is 9.09. The van der Waals surface area contributed by atoms with Crippen LogP contribution in [0.25, 0.3) is 0 Å². The number of thiazole rings is 1. The topological polar surface area (TPSA) is 24.9 Å². The van der Waals surface area contributed by atoms with E-state index in [2.05, 4.69) is 24.1 Å². The molecular weight excluding hydrogens is 264 g/mol. The van der Waals surface area contributed by atoms with Crippen molar-refractivity contribution in [2.45, 2.75) is 65.0 Å². The van der Waals surface area contributed by atoms with Crippen LogP contribution >= 0.6 is 11.3 Å². The summed E-state index contributed by atoms with van der Waals surface area (Å²) in [5.74, 6) is 3.15. The van der Waals surface area contributed by atoms with Gasteiger partial charge in [0.15, 0.2) is 0 Å². The van der Waals surface area contributed by atoms with E-state index in [1.165, 1.54) is 48.4 Å². The predicted octanol–water partition coefficient (Wildman–Crippen LogP) is 4.15. The summed E-state index contributed by atoms with van der Waals surface area (Å²) >= 11 is 1.83. The minimum atomic E-state index is 0.612. The van der Waals surface area contributed by atoms with E-state index in [9.17, 15) is 0 Å². The Morgan fingerprint density at radius 2 is 1.85 bits per heavy atom. The van der Waals surface area contributed by atoms with Crippen LogP contribution in [0.15, 0.2) is 6.20 Å². The molecule has 1 heterocycles. The Labute approximate surface area is 126 Å². The zero-order valence-corrected chi connectivity index (χ0v) is 13.5. The van der Waals surface area contributed by atoms with Crippen molar-refractivity contribution in [1.29, 1.82) is 0 Å². The smallest absolute Gasteiger partial charge is 0.107 e. The second kappa shape index (κ2) is 4.81. The fourth-order valence-corrected chi connectivity index (χ4v) is 6.39. The van der Waals surface area contributed by atoms with E-state index < -0.39 is 0 Å². The Morgan fingerprint density at radius 3 is 2.35 bits per heavy atom. The van der Waals surface area contributed by atoms with Gasteiger partial charge in [-0.25, -0.2) is 4.98 Å². The van der Waals surface area contributed by atoms with Gasteiger partial charge < -0.3 is 5.32 Å². The molecule has 0 aromatic carbocycles. The van der Waals surface area contributed by atoms with Crippen LogP contribution < -0.4 is 5.32 Å². The number of rotatable bonds is 4. The van der Waals surface area contributed by atoms with E-state index in [1.54, 1.807) is 0 Å². The van der Waals surface area contributed by atoms with Crippen LogP contribution in [0.3, 0.4) is 0 Å². The quantitative estimate of drug-likeness (QED) is 0.901. The first kappa shape index (κ1) is 13.3. The minimum Gasteiger partial charge on any atom is -0.307 e. The number of hydrogen-bond donors (Lipinski definition) is 1. The average molecular weight is 290 g/mol. The van der Waals surface area contributed by atoms with Gasteiger partial charge in [0.05, 0.1) is 0 Å². The summed E-state index contributed by atoms with van der Waals surface area (Å²) in [7, 11) is 0. The molecule has 4 aliphatic carbocycles. The molecule has 4 aliphatic rings. The van der Waals surface area contributed by atoms with Crippen molar-refractivity contribution in [1.82, 2.24) is 10.3 Å². The second-order valence-electron chi connectivity index (χ2n) is 7.75. The molecule has 4 fully saturated rings. The third-order valence-corrected chi connectivity index (χ3v) is 7.15. The van der Waals surface area contributed by atoms with Crippen LogP contribution in [0.5, 0.6) is 0 Å². The Kier molecular flexibility index (Phi) is 3.19.